The molecule has 2 aromatic rings. The molecule has 0 saturated carbocycles. The van der Waals surface area contributed by atoms with Gasteiger partial charge in [0.15, 0.2) is 5.82 Å². The van der Waals surface area contributed by atoms with Crippen LogP contribution in [0.3, 0.4) is 0 Å². The Morgan fingerprint density at radius 3 is 2.58 bits per heavy atom. The Morgan fingerprint density at radius 2 is 1.89 bits per heavy atom. The number of anilines is 3. The van der Waals surface area contributed by atoms with E-state index < -0.39 is 0 Å². The Morgan fingerprint density at radius 1 is 1.11 bits per heavy atom. The molecule has 0 aromatic carbocycles. The van der Waals surface area contributed by atoms with Crippen LogP contribution in [0.2, 0.25) is 0 Å². The number of aryl methyl sites for hydroxylation is 2. The van der Waals surface area contributed by atoms with Crippen LogP contribution in [0.5, 0.6) is 0 Å². The molecule has 19 heavy (non-hydrogen) atoms. The quantitative estimate of drug-likeness (QED) is 0.883. The third kappa shape index (κ3) is 2.67. The lowest BCUT2D eigenvalue weighted by atomic mass is 10.4. The van der Waals surface area contributed by atoms with Crippen LogP contribution in [0, 0.1) is 13.8 Å². The van der Waals surface area contributed by atoms with Crippen molar-refractivity contribution in [2.75, 3.05) is 23.3 Å². The van der Waals surface area contributed by atoms with E-state index in [2.05, 4.69) is 30.4 Å². The molecule has 6 nitrogen and oxygen atoms in total. The predicted octanol–water partition coefficient (Wildman–Crippen LogP) is 2.16. The van der Waals surface area contributed by atoms with E-state index in [0.717, 1.165) is 42.1 Å². The first-order chi connectivity index (χ1) is 9.20. The van der Waals surface area contributed by atoms with Gasteiger partial charge in [-0.1, -0.05) is 0 Å². The Labute approximate surface area is 112 Å². The van der Waals surface area contributed by atoms with Crippen LogP contribution in [-0.2, 0) is 0 Å². The third-order valence-electron chi connectivity index (χ3n) is 3.22. The Kier molecular flexibility index (Phi) is 3.06. The van der Waals surface area contributed by atoms with Crippen LogP contribution in [-0.4, -0.2) is 33.3 Å². The summed E-state index contributed by atoms with van der Waals surface area (Å²) in [7, 11) is 0. The second-order valence-corrected chi connectivity index (χ2v) is 4.91. The molecule has 1 fully saturated rings. The molecule has 2 N–H and O–H groups in total. The zero-order valence-electron chi connectivity index (χ0n) is 11.3. The summed E-state index contributed by atoms with van der Waals surface area (Å²) in [6.07, 6.45) is 2.48. The Balaban J connectivity index is 1.84. The fraction of sp³-hybridized carbons (Fsp3) is 0.462. The van der Waals surface area contributed by atoms with Gasteiger partial charge in [-0.3, -0.25) is 5.10 Å². The molecule has 0 amide bonds. The SMILES string of the molecule is Cc1nc(Nc2cc(C)[nH]n2)cc(N2CCCC2)n1. The smallest absolute Gasteiger partial charge is 0.153 e. The minimum Gasteiger partial charge on any atom is -0.356 e. The van der Waals surface area contributed by atoms with E-state index >= 15 is 0 Å². The van der Waals surface area contributed by atoms with Crippen LogP contribution in [0.4, 0.5) is 17.5 Å². The van der Waals surface area contributed by atoms with Crippen molar-refractivity contribution in [1.82, 2.24) is 20.2 Å². The van der Waals surface area contributed by atoms with Gasteiger partial charge >= 0.3 is 0 Å². The highest BCUT2D eigenvalue weighted by Gasteiger charge is 2.15. The van der Waals surface area contributed by atoms with Crippen LogP contribution < -0.4 is 10.2 Å². The molecule has 3 rings (SSSR count). The Bertz CT molecular complexity index is 570. The van der Waals surface area contributed by atoms with Crippen LogP contribution in [0.1, 0.15) is 24.4 Å². The summed E-state index contributed by atoms with van der Waals surface area (Å²) in [5.41, 5.74) is 1.02. The molecular weight excluding hydrogens is 240 g/mol. The number of H-pyrrole nitrogens is 1. The number of hydrogen-bond donors (Lipinski definition) is 2. The van der Waals surface area contributed by atoms with Crippen molar-refractivity contribution in [3.05, 3.63) is 23.7 Å². The van der Waals surface area contributed by atoms with Gasteiger partial charge in [0.25, 0.3) is 0 Å². The topological polar surface area (TPSA) is 69.7 Å². The number of nitrogens with zero attached hydrogens (tertiary/aromatic N) is 4. The van der Waals surface area contributed by atoms with E-state index in [1.54, 1.807) is 0 Å². The highest BCUT2D eigenvalue weighted by atomic mass is 15.2. The average Bonchev–Trinajstić information content (AvgIpc) is 3.00. The number of rotatable bonds is 3. The van der Waals surface area contributed by atoms with Gasteiger partial charge in [0, 0.05) is 30.9 Å². The molecular formula is C13H18N6. The summed E-state index contributed by atoms with van der Waals surface area (Å²) in [6, 6.07) is 3.94. The largest absolute Gasteiger partial charge is 0.356 e. The fourth-order valence-electron chi connectivity index (χ4n) is 2.34. The van der Waals surface area contributed by atoms with Gasteiger partial charge in [-0.25, -0.2) is 9.97 Å². The maximum Gasteiger partial charge on any atom is 0.153 e. The maximum absolute atomic E-state index is 4.51. The average molecular weight is 258 g/mol. The third-order valence-corrected chi connectivity index (χ3v) is 3.22. The van der Waals surface area contributed by atoms with Gasteiger partial charge < -0.3 is 10.2 Å². The van der Waals surface area contributed by atoms with Crippen molar-refractivity contribution in [1.29, 1.82) is 0 Å². The minimum absolute atomic E-state index is 0.777. The first-order valence-electron chi connectivity index (χ1n) is 6.60. The highest BCUT2D eigenvalue weighted by Crippen LogP contribution is 2.22. The number of aromatic nitrogens is 4. The molecule has 0 bridgehead atoms. The van der Waals surface area contributed by atoms with E-state index in [4.69, 9.17) is 0 Å². The summed E-state index contributed by atoms with van der Waals surface area (Å²) >= 11 is 0. The van der Waals surface area contributed by atoms with Crippen molar-refractivity contribution < 1.29 is 0 Å². The van der Waals surface area contributed by atoms with Crippen LogP contribution in [0.15, 0.2) is 12.1 Å². The van der Waals surface area contributed by atoms with Gasteiger partial charge in [-0.05, 0) is 26.7 Å². The van der Waals surface area contributed by atoms with E-state index in [1.807, 2.05) is 26.0 Å². The summed E-state index contributed by atoms with van der Waals surface area (Å²) in [5, 5.41) is 10.3. The predicted molar refractivity (Wildman–Crippen MR) is 74.8 cm³/mol. The molecule has 1 saturated heterocycles. The molecule has 0 atom stereocenters. The molecule has 1 aliphatic heterocycles. The molecule has 0 aliphatic carbocycles. The van der Waals surface area contributed by atoms with Crippen LogP contribution in [0.25, 0.3) is 0 Å². The summed E-state index contributed by atoms with van der Waals surface area (Å²) < 4.78 is 0. The molecule has 6 heteroatoms. The first kappa shape index (κ1) is 12.0. The van der Waals surface area contributed by atoms with E-state index in [0.29, 0.717) is 0 Å². The fourth-order valence-corrected chi connectivity index (χ4v) is 2.34. The summed E-state index contributed by atoms with van der Waals surface area (Å²) in [5.74, 6) is 3.35. The summed E-state index contributed by atoms with van der Waals surface area (Å²) in [4.78, 5) is 11.2. The van der Waals surface area contributed by atoms with Crippen LogP contribution >= 0.6 is 0 Å². The summed E-state index contributed by atoms with van der Waals surface area (Å²) in [6.45, 7) is 6.05. The highest BCUT2D eigenvalue weighted by molar-refractivity contribution is 5.57. The van der Waals surface area contributed by atoms with Gasteiger partial charge in [0.2, 0.25) is 0 Å². The van der Waals surface area contributed by atoms with Crippen molar-refractivity contribution in [3.63, 3.8) is 0 Å². The molecule has 1 aliphatic rings. The zero-order chi connectivity index (χ0) is 13.2. The van der Waals surface area contributed by atoms with Crippen molar-refractivity contribution >= 4 is 17.5 Å². The first-order valence-corrected chi connectivity index (χ1v) is 6.60. The molecule has 0 radical (unpaired) electrons. The van der Waals surface area contributed by atoms with Crippen molar-refractivity contribution in [3.8, 4) is 0 Å². The van der Waals surface area contributed by atoms with Gasteiger partial charge in [0.1, 0.15) is 17.5 Å². The lowest BCUT2D eigenvalue weighted by Crippen LogP contribution is -2.19. The second kappa shape index (κ2) is 4.87. The molecule has 2 aromatic heterocycles. The van der Waals surface area contributed by atoms with Gasteiger partial charge in [-0.15, -0.1) is 0 Å². The molecule has 0 spiro atoms. The van der Waals surface area contributed by atoms with E-state index in [9.17, 15) is 0 Å². The zero-order valence-corrected chi connectivity index (χ0v) is 11.3. The standard InChI is InChI=1S/C13H18N6/c1-9-7-12(18-17-9)16-11-8-13(15-10(2)14-11)19-5-3-4-6-19/h7-8H,3-6H2,1-2H3,(H2,14,15,16,17,18). The monoisotopic (exact) mass is 258 g/mol. The number of aromatic amines is 1. The molecule has 100 valence electrons. The van der Waals surface area contributed by atoms with Crippen molar-refractivity contribution in [2.45, 2.75) is 26.7 Å². The van der Waals surface area contributed by atoms with Crippen molar-refractivity contribution in [2.24, 2.45) is 0 Å². The second-order valence-electron chi connectivity index (χ2n) is 4.91. The minimum atomic E-state index is 0.777. The normalized spacial score (nSPS) is 14.9. The maximum atomic E-state index is 4.51. The van der Waals surface area contributed by atoms with E-state index in [-0.39, 0.29) is 0 Å². The molecule has 0 unspecified atom stereocenters. The number of hydrogen-bond acceptors (Lipinski definition) is 5. The van der Waals surface area contributed by atoms with Gasteiger partial charge in [-0.2, -0.15) is 5.10 Å². The lowest BCUT2D eigenvalue weighted by molar-refractivity contribution is 0.911. The Hall–Kier alpha value is -2.11. The lowest BCUT2D eigenvalue weighted by Gasteiger charge is -2.17. The number of nitrogens with one attached hydrogen (secondary N) is 2. The molecule has 3 heterocycles. The van der Waals surface area contributed by atoms with Gasteiger partial charge in [0.05, 0.1) is 0 Å². The van der Waals surface area contributed by atoms with E-state index in [1.165, 1.54) is 12.8 Å².